The molecule has 0 saturated heterocycles. The van der Waals surface area contributed by atoms with E-state index in [1.165, 1.54) is 64.2 Å². The Bertz CT molecular complexity index is 2770. The van der Waals surface area contributed by atoms with Gasteiger partial charge in [0.05, 0.1) is 39.6 Å². The molecule has 0 heterocycles. The highest BCUT2D eigenvalue weighted by Crippen LogP contribution is 2.39. The molecule has 0 spiro atoms. The van der Waals surface area contributed by atoms with Crippen LogP contribution in [0.25, 0.3) is 48.6 Å². The van der Waals surface area contributed by atoms with Gasteiger partial charge in [-0.1, -0.05) is 303 Å². The van der Waals surface area contributed by atoms with Gasteiger partial charge in [0.1, 0.15) is 34.5 Å². The summed E-state index contributed by atoms with van der Waals surface area (Å²) < 4.78 is 44.6. The number of hydrogen-bond donors (Lipinski definition) is 0. The number of halogens is 2. The second-order valence-corrected chi connectivity index (χ2v) is 28.4. The molecule has 0 saturated carbocycles. The zero-order chi connectivity index (χ0) is 67.7. The zero-order valence-corrected chi connectivity index (χ0v) is 63.8. The first-order valence-electron chi connectivity index (χ1n) is 37.4. The quantitative estimate of drug-likeness (QED) is 0.0362. The molecule has 0 N–H and O–H groups in total. The van der Waals surface area contributed by atoms with Gasteiger partial charge < -0.3 is 28.4 Å². The Hall–Kier alpha value is -5.18. The van der Waals surface area contributed by atoms with Crippen molar-refractivity contribution in [1.29, 1.82) is 0 Å². The van der Waals surface area contributed by atoms with E-state index in [0.29, 0.717) is 75.1 Å². The molecule has 0 fully saturated rings. The molecule has 6 nitrogen and oxygen atoms in total. The van der Waals surface area contributed by atoms with E-state index in [9.17, 15) is 0 Å². The second kappa shape index (κ2) is 46.9. The van der Waals surface area contributed by atoms with Crippen molar-refractivity contribution in [2.24, 2.45) is 35.5 Å². The van der Waals surface area contributed by atoms with Crippen molar-refractivity contribution in [3.8, 4) is 34.5 Å². The van der Waals surface area contributed by atoms with Gasteiger partial charge in [0.2, 0.25) is 0 Å². The lowest BCUT2D eigenvalue weighted by molar-refractivity contribution is 0.227. The molecule has 5 aromatic rings. The molecule has 6 atom stereocenters. The van der Waals surface area contributed by atoms with Gasteiger partial charge in [-0.2, -0.15) is 0 Å². The van der Waals surface area contributed by atoms with E-state index >= 15 is 0 Å². The Morgan fingerprint density at radius 3 is 0.585 bits per heavy atom. The minimum absolute atomic E-state index is 0.421. The van der Waals surface area contributed by atoms with E-state index < -0.39 is 0 Å². The van der Waals surface area contributed by atoms with Gasteiger partial charge in [-0.05, 0) is 146 Å². The Kier molecular flexibility index (Phi) is 39.7. The molecule has 8 heteroatoms. The Balaban J connectivity index is 1.80. The smallest absolute Gasteiger partial charge is 0.127 e. The molecule has 6 unspecified atom stereocenters. The van der Waals surface area contributed by atoms with Crippen LogP contribution in [-0.2, 0) is 0 Å². The van der Waals surface area contributed by atoms with Gasteiger partial charge in [-0.25, -0.2) is 0 Å². The van der Waals surface area contributed by atoms with Crippen LogP contribution in [-0.4, -0.2) is 39.6 Å². The highest BCUT2D eigenvalue weighted by atomic mass is 79.9. The van der Waals surface area contributed by atoms with Gasteiger partial charge in [0.15, 0.2) is 0 Å². The summed E-state index contributed by atoms with van der Waals surface area (Å²) in [5.41, 5.74) is 8.09. The Morgan fingerprint density at radius 2 is 0.426 bits per heavy atom. The molecule has 0 amide bonds. The molecule has 0 aliphatic heterocycles. The molecule has 5 aromatic carbocycles. The summed E-state index contributed by atoms with van der Waals surface area (Å²) >= 11 is 7.28. The number of unbranched alkanes of at least 4 members (excludes halogenated alkanes) is 6. The fourth-order valence-corrected chi connectivity index (χ4v) is 12.3. The summed E-state index contributed by atoms with van der Waals surface area (Å²) in [7, 11) is 0. The van der Waals surface area contributed by atoms with Crippen molar-refractivity contribution in [2.75, 3.05) is 39.6 Å². The van der Waals surface area contributed by atoms with E-state index in [0.717, 1.165) is 178 Å². The highest BCUT2D eigenvalue weighted by molar-refractivity contribution is 9.10. The van der Waals surface area contributed by atoms with Crippen molar-refractivity contribution in [2.45, 2.75) is 237 Å². The summed E-state index contributed by atoms with van der Waals surface area (Å²) in [6.45, 7) is 31.3. The predicted molar refractivity (Wildman–Crippen MR) is 416 cm³/mol. The maximum atomic E-state index is 7.19. The van der Waals surface area contributed by atoms with Gasteiger partial charge in [-0.3, -0.25) is 0 Å². The van der Waals surface area contributed by atoms with Crippen LogP contribution in [0.4, 0.5) is 0 Å². The van der Waals surface area contributed by atoms with E-state index in [4.69, 9.17) is 28.4 Å². The van der Waals surface area contributed by atoms with Crippen LogP contribution in [0.3, 0.4) is 0 Å². The van der Waals surface area contributed by atoms with E-state index in [1.54, 1.807) is 0 Å². The van der Waals surface area contributed by atoms with Gasteiger partial charge in [-0.15, -0.1) is 0 Å². The third-order valence-corrected chi connectivity index (χ3v) is 20.1. The normalized spacial score (nSPS) is 13.9. The summed E-state index contributed by atoms with van der Waals surface area (Å²) in [6.07, 6.45) is 44.9. The molecular formula is C86H124Br2O6. The van der Waals surface area contributed by atoms with Crippen LogP contribution in [0.2, 0.25) is 0 Å². The van der Waals surface area contributed by atoms with Crippen LogP contribution in [0, 0.1) is 35.5 Å². The van der Waals surface area contributed by atoms with Gasteiger partial charge in [0, 0.05) is 42.3 Å². The van der Waals surface area contributed by atoms with Crippen molar-refractivity contribution >= 4 is 80.5 Å². The molecule has 518 valence electrons. The summed E-state index contributed by atoms with van der Waals surface area (Å²) in [5, 5.41) is 0. The lowest BCUT2D eigenvalue weighted by Gasteiger charge is -2.21. The number of rotatable bonds is 50. The SMILES string of the molecule is CCCCC(CC)COc1cc(/C=C/c2cc(OCC(CC)CCCC)c(/C=C/c3cc(OCC(CC)CCCC)c(/C=C/c4ccc(Br)cc4)cc3OCC(CC)CCCC)cc2OCC(CC)CCCC)c(OCC(CC)CCCC)cc1/C=C/c1ccc(Br)cc1. The molecule has 5 rings (SSSR count). The van der Waals surface area contributed by atoms with Crippen LogP contribution in [0.5, 0.6) is 34.5 Å². The fraction of sp³-hybridized carbons (Fsp3) is 0.558. The Labute approximate surface area is 590 Å². The van der Waals surface area contributed by atoms with Gasteiger partial charge in [0.25, 0.3) is 0 Å². The summed E-state index contributed by atoms with van der Waals surface area (Å²) in [6, 6.07) is 30.3. The predicted octanol–water partition coefficient (Wildman–Crippen LogP) is 27.5. The second-order valence-electron chi connectivity index (χ2n) is 26.6. The maximum Gasteiger partial charge on any atom is 0.127 e. The first-order valence-corrected chi connectivity index (χ1v) is 39.0. The third-order valence-electron chi connectivity index (χ3n) is 19.1. The molecular weight excluding hydrogens is 1290 g/mol. The minimum atomic E-state index is 0.421. The number of ether oxygens (including phenoxy) is 6. The van der Waals surface area contributed by atoms with E-state index in [2.05, 4.69) is 248 Å². The topological polar surface area (TPSA) is 55.4 Å². The summed E-state index contributed by atoms with van der Waals surface area (Å²) in [4.78, 5) is 0. The van der Waals surface area contributed by atoms with Crippen molar-refractivity contribution in [3.63, 3.8) is 0 Å². The molecule has 0 aromatic heterocycles. The zero-order valence-electron chi connectivity index (χ0n) is 60.6. The largest absolute Gasteiger partial charge is 0.493 e. The number of benzene rings is 5. The van der Waals surface area contributed by atoms with Crippen LogP contribution in [0.15, 0.2) is 93.9 Å². The monoisotopic (exact) mass is 1410 g/mol. The average molecular weight is 1410 g/mol. The average Bonchev–Trinajstić information content (AvgIpc) is 0.867. The third kappa shape index (κ3) is 28.9. The lowest BCUT2D eigenvalue weighted by atomic mass is 9.99. The van der Waals surface area contributed by atoms with E-state index in [1.807, 2.05) is 0 Å². The van der Waals surface area contributed by atoms with Gasteiger partial charge >= 0.3 is 0 Å². The van der Waals surface area contributed by atoms with Crippen LogP contribution >= 0.6 is 31.9 Å². The van der Waals surface area contributed by atoms with Crippen molar-refractivity contribution in [3.05, 3.63) is 138 Å². The van der Waals surface area contributed by atoms with E-state index in [-0.39, 0.29) is 0 Å². The summed E-state index contributed by atoms with van der Waals surface area (Å²) in [5.74, 6) is 7.70. The first kappa shape index (κ1) is 79.5. The number of hydrogen-bond acceptors (Lipinski definition) is 6. The first-order chi connectivity index (χ1) is 45.9. The Morgan fingerprint density at radius 1 is 0.255 bits per heavy atom. The molecule has 94 heavy (non-hydrogen) atoms. The molecule has 0 aliphatic rings. The maximum absolute atomic E-state index is 7.19. The van der Waals surface area contributed by atoms with Crippen LogP contribution < -0.4 is 28.4 Å². The highest BCUT2D eigenvalue weighted by Gasteiger charge is 2.20. The lowest BCUT2D eigenvalue weighted by Crippen LogP contribution is -2.14. The standard InChI is InChI=1S/C86H124Br2O6/c1-13-25-31-65(19-7)59-89-81-55-75(83(91-61-67(21-9)33-27-15-3)53-73(81)43-37-71-39-49-79(87)50-40-71)45-47-77-57-86(94-64-70(24-12)36-30-18-6)78(58-85(77)93-63-69(23-11)35-29-17-5)48-46-76-56-82(90-60-66(20-8)32-26-14-2)74(44-38-72-41-51-80(88)52-42-72)54-84(76)92-62-68(22-10)34-28-16-4/h37-58,65-70H,13-36,59-64H2,1-12H3/b43-37+,44-38+,47-45+,48-46+. The van der Waals surface area contributed by atoms with Crippen molar-refractivity contribution < 1.29 is 28.4 Å². The van der Waals surface area contributed by atoms with Crippen molar-refractivity contribution in [1.82, 2.24) is 0 Å². The minimum Gasteiger partial charge on any atom is -0.493 e. The van der Waals surface area contributed by atoms with Crippen LogP contribution in [0.1, 0.15) is 282 Å². The molecule has 0 aliphatic carbocycles. The molecule has 0 bridgehead atoms. The molecule has 0 radical (unpaired) electrons. The fourth-order valence-electron chi connectivity index (χ4n) is 11.8.